The van der Waals surface area contributed by atoms with E-state index in [1.807, 2.05) is 54.6 Å². The van der Waals surface area contributed by atoms with E-state index in [1.54, 1.807) is 24.4 Å². The molecule has 5 heteroatoms. The van der Waals surface area contributed by atoms with Gasteiger partial charge in [0.15, 0.2) is 0 Å². The fourth-order valence-electron chi connectivity index (χ4n) is 2.15. The van der Waals surface area contributed by atoms with Crippen LogP contribution >= 0.6 is 23.2 Å². The Balaban J connectivity index is 1.55. The van der Waals surface area contributed by atoms with Crippen molar-refractivity contribution in [3.8, 4) is 5.75 Å². The van der Waals surface area contributed by atoms with Crippen LogP contribution in [0, 0.1) is 0 Å². The van der Waals surface area contributed by atoms with Crippen molar-refractivity contribution in [2.45, 2.75) is 6.61 Å². The molecule has 0 fully saturated rings. The second-order valence-electron chi connectivity index (χ2n) is 5.34. The van der Waals surface area contributed by atoms with Gasteiger partial charge in [0.05, 0.1) is 16.9 Å². The third kappa shape index (κ3) is 5.24. The van der Waals surface area contributed by atoms with E-state index in [1.165, 1.54) is 0 Å². The van der Waals surface area contributed by atoms with E-state index in [0.717, 1.165) is 16.9 Å². The maximum Gasteiger partial charge on any atom is 0.119 e. The number of hydrazone groups is 1. The van der Waals surface area contributed by atoms with Crippen molar-refractivity contribution < 1.29 is 4.74 Å². The highest BCUT2D eigenvalue weighted by Gasteiger charge is 1.99. The molecule has 3 nitrogen and oxygen atoms in total. The average Bonchev–Trinajstić information content (AvgIpc) is 2.64. The van der Waals surface area contributed by atoms with Gasteiger partial charge in [-0.15, -0.1) is 0 Å². The van der Waals surface area contributed by atoms with Crippen LogP contribution < -0.4 is 10.2 Å². The minimum atomic E-state index is 0.523. The van der Waals surface area contributed by atoms with Crippen molar-refractivity contribution in [3.05, 3.63) is 94.0 Å². The number of benzene rings is 3. The molecule has 0 aromatic heterocycles. The first-order valence-electron chi connectivity index (χ1n) is 7.71. The molecule has 25 heavy (non-hydrogen) atoms. The molecule has 0 spiro atoms. The van der Waals surface area contributed by atoms with Crippen molar-refractivity contribution in [1.29, 1.82) is 0 Å². The van der Waals surface area contributed by atoms with Gasteiger partial charge in [0, 0.05) is 5.02 Å². The summed E-state index contributed by atoms with van der Waals surface area (Å²) in [4.78, 5) is 0. The molecule has 3 rings (SSSR count). The number of rotatable bonds is 6. The van der Waals surface area contributed by atoms with Crippen molar-refractivity contribution in [3.63, 3.8) is 0 Å². The Morgan fingerprint density at radius 2 is 1.68 bits per heavy atom. The fraction of sp³-hybridized carbons (Fsp3) is 0.0500. The SMILES string of the molecule is Clc1ccc(NN=Cc2ccc(OCc3ccccc3)cc2)c(Cl)c1. The molecule has 0 saturated carbocycles. The third-order valence-corrected chi connectivity index (χ3v) is 4.01. The first-order chi connectivity index (χ1) is 12.2. The minimum absolute atomic E-state index is 0.523. The molecular weight excluding hydrogens is 355 g/mol. The van der Waals surface area contributed by atoms with Gasteiger partial charge < -0.3 is 4.74 Å². The molecule has 0 heterocycles. The zero-order valence-electron chi connectivity index (χ0n) is 13.3. The van der Waals surface area contributed by atoms with E-state index in [-0.39, 0.29) is 0 Å². The van der Waals surface area contributed by atoms with E-state index >= 15 is 0 Å². The minimum Gasteiger partial charge on any atom is -0.489 e. The molecule has 0 unspecified atom stereocenters. The molecular formula is C20H16Cl2N2O. The molecule has 0 radical (unpaired) electrons. The van der Waals surface area contributed by atoms with Crippen LogP contribution in [0.2, 0.25) is 10.0 Å². The molecule has 3 aromatic carbocycles. The van der Waals surface area contributed by atoms with Gasteiger partial charge in [-0.2, -0.15) is 5.10 Å². The highest BCUT2D eigenvalue weighted by Crippen LogP contribution is 2.25. The summed E-state index contributed by atoms with van der Waals surface area (Å²) in [6, 6.07) is 23.0. The Kier molecular flexibility index (Phi) is 5.94. The second kappa shape index (κ2) is 8.56. The van der Waals surface area contributed by atoms with E-state index < -0.39 is 0 Å². The number of nitrogens with one attached hydrogen (secondary N) is 1. The molecule has 0 aliphatic rings. The predicted octanol–water partition coefficient (Wildman–Crippen LogP) is 6.02. The zero-order chi connectivity index (χ0) is 17.5. The van der Waals surface area contributed by atoms with E-state index in [4.69, 9.17) is 27.9 Å². The first kappa shape index (κ1) is 17.3. The normalized spacial score (nSPS) is 10.8. The van der Waals surface area contributed by atoms with Crippen molar-refractivity contribution in [1.82, 2.24) is 0 Å². The third-order valence-electron chi connectivity index (χ3n) is 3.46. The fourth-order valence-corrected chi connectivity index (χ4v) is 2.60. The summed E-state index contributed by atoms with van der Waals surface area (Å²) in [7, 11) is 0. The van der Waals surface area contributed by atoms with E-state index in [0.29, 0.717) is 22.3 Å². The van der Waals surface area contributed by atoms with Gasteiger partial charge in [-0.1, -0.05) is 53.5 Å². The molecule has 0 amide bonds. The monoisotopic (exact) mass is 370 g/mol. The average molecular weight is 371 g/mol. The summed E-state index contributed by atoms with van der Waals surface area (Å²) in [5.41, 5.74) is 5.68. The van der Waals surface area contributed by atoms with Gasteiger partial charge in [-0.25, -0.2) is 0 Å². The van der Waals surface area contributed by atoms with Gasteiger partial charge >= 0.3 is 0 Å². The number of nitrogens with zero attached hydrogens (tertiary/aromatic N) is 1. The topological polar surface area (TPSA) is 33.6 Å². The van der Waals surface area contributed by atoms with Crippen LogP contribution in [0.4, 0.5) is 5.69 Å². The Bertz CT molecular complexity index is 849. The van der Waals surface area contributed by atoms with Crippen LogP contribution in [0.25, 0.3) is 0 Å². The van der Waals surface area contributed by atoms with Crippen LogP contribution in [0.15, 0.2) is 77.9 Å². The number of hydrogen-bond donors (Lipinski definition) is 1. The number of ether oxygens (including phenoxy) is 1. The van der Waals surface area contributed by atoms with E-state index in [9.17, 15) is 0 Å². The number of halogens is 2. The van der Waals surface area contributed by atoms with Crippen molar-refractivity contribution in [2.75, 3.05) is 5.43 Å². The number of hydrogen-bond acceptors (Lipinski definition) is 3. The summed E-state index contributed by atoms with van der Waals surface area (Å²) >= 11 is 11.9. The number of anilines is 1. The van der Waals surface area contributed by atoms with Crippen LogP contribution in [0.1, 0.15) is 11.1 Å². The zero-order valence-corrected chi connectivity index (χ0v) is 14.8. The maximum atomic E-state index is 6.08. The summed E-state index contributed by atoms with van der Waals surface area (Å²) in [5, 5.41) is 5.29. The summed E-state index contributed by atoms with van der Waals surface area (Å²) in [6.45, 7) is 0.547. The largest absolute Gasteiger partial charge is 0.489 e. The van der Waals surface area contributed by atoms with Gasteiger partial charge in [0.25, 0.3) is 0 Å². The maximum absolute atomic E-state index is 6.08. The molecule has 3 aromatic rings. The van der Waals surface area contributed by atoms with Crippen LogP contribution in [-0.4, -0.2) is 6.21 Å². The summed E-state index contributed by atoms with van der Waals surface area (Å²) < 4.78 is 5.76. The van der Waals surface area contributed by atoms with Gasteiger partial charge in [-0.3, -0.25) is 5.43 Å². The predicted molar refractivity (Wildman–Crippen MR) is 105 cm³/mol. The highest BCUT2D eigenvalue weighted by molar-refractivity contribution is 6.36. The van der Waals surface area contributed by atoms with Crippen molar-refractivity contribution in [2.24, 2.45) is 5.10 Å². The lowest BCUT2D eigenvalue weighted by molar-refractivity contribution is 0.306. The molecule has 126 valence electrons. The van der Waals surface area contributed by atoms with Crippen LogP contribution in [0.3, 0.4) is 0 Å². The van der Waals surface area contributed by atoms with Crippen LogP contribution in [0.5, 0.6) is 5.75 Å². The molecule has 0 aliphatic heterocycles. The second-order valence-corrected chi connectivity index (χ2v) is 6.18. The van der Waals surface area contributed by atoms with Gasteiger partial charge in [0.1, 0.15) is 12.4 Å². The Morgan fingerprint density at radius 3 is 2.40 bits per heavy atom. The lowest BCUT2D eigenvalue weighted by atomic mass is 10.2. The summed E-state index contributed by atoms with van der Waals surface area (Å²) in [6.07, 6.45) is 1.71. The van der Waals surface area contributed by atoms with Crippen LogP contribution in [-0.2, 0) is 6.61 Å². The Hall–Kier alpha value is -2.49. The Morgan fingerprint density at radius 1 is 0.920 bits per heavy atom. The Labute approximate surface area is 156 Å². The molecule has 0 atom stereocenters. The van der Waals surface area contributed by atoms with Gasteiger partial charge in [0.2, 0.25) is 0 Å². The molecule has 0 saturated heterocycles. The quantitative estimate of drug-likeness (QED) is 0.425. The van der Waals surface area contributed by atoms with Gasteiger partial charge in [-0.05, 0) is 53.6 Å². The molecule has 0 aliphatic carbocycles. The lowest BCUT2D eigenvalue weighted by Crippen LogP contribution is -1.95. The standard InChI is InChI=1S/C20H16Cl2N2O/c21-17-8-11-20(19(22)12-17)24-23-13-15-6-9-18(10-7-15)25-14-16-4-2-1-3-5-16/h1-13,24H,14H2. The highest BCUT2D eigenvalue weighted by atomic mass is 35.5. The smallest absolute Gasteiger partial charge is 0.119 e. The molecule has 0 bridgehead atoms. The van der Waals surface area contributed by atoms with E-state index in [2.05, 4.69) is 10.5 Å². The summed E-state index contributed by atoms with van der Waals surface area (Å²) in [5.74, 6) is 0.815. The first-order valence-corrected chi connectivity index (χ1v) is 8.47. The lowest BCUT2D eigenvalue weighted by Gasteiger charge is -2.06. The van der Waals surface area contributed by atoms with Crippen molar-refractivity contribution >= 4 is 35.1 Å². The molecule has 1 N–H and O–H groups in total.